The molecule has 1 atom stereocenters. The molecule has 88 valence electrons. The Kier molecular flexibility index (Phi) is 3.20. The minimum absolute atomic E-state index is 0.344. The van der Waals surface area contributed by atoms with E-state index in [0.29, 0.717) is 12.0 Å². The lowest BCUT2D eigenvalue weighted by Crippen LogP contribution is -2.24. The topological polar surface area (TPSA) is 33.1 Å². The third kappa shape index (κ3) is 2.88. The second-order valence-electron chi connectivity index (χ2n) is 4.28. The summed E-state index contributed by atoms with van der Waals surface area (Å²) in [4.78, 5) is 4.16. The molecule has 2 nitrogen and oxygen atoms in total. The van der Waals surface area contributed by atoms with Crippen molar-refractivity contribution in [3.8, 4) is 0 Å². The van der Waals surface area contributed by atoms with Crippen LogP contribution in [0.15, 0.2) is 48.7 Å². The summed E-state index contributed by atoms with van der Waals surface area (Å²) in [5.41, 5.74) is 0.223. The zero-order valence-electron chi connectivity index (χ0n) is 9.60. The Morgan fingerprint density at radius 1 is 1.24 bits per heavy atom. The lowest BCUT2D eigenvalue weighted by molar-refractivity contribution is 0.0562. The van der Waals surface area contributed by atoms with Crippen LogP contribution in [0.25, 0.3) is 0 Å². The maximum Gasteiger partial charge on any atom is 0.123 e. The van der Waals surface area contributed by atoms with Crippen molar-refractivity contribution in [1.82, 2.24) is 4.98 Å². The van der Waals surface area contributed by atoms with Crippen LogP contribution in [-0.4, -0.2) is 10.1 Å². The number of hydrogen-bond donors (Lipinski definition) is 1. The van der Waals surface area contributed by atoms with E-state index in [1.165, 1.54) is 12.1 Å². The van der Waals surface area contributed by atoms with Gasteiger partial charge in [0, 0.05) is 18.3 Å². The smallest absolute Gasteiger partial charge is 0.123 e. The van der Waals surface area contributed by atoms with Gasteiger partial charge in [0.05, 0.1) is 5.60 Å². The highest BCUT2D eigenvalue weighted by molar-refractivity contribution is 5.24. The van der Waals surface area contributed by atoms with Gasteiger partial charge in [0.2, 0.25) is 0 Å². The van der Waals surface area contributed by atoms with Crippen molar-refractivity contribution in [2.45, 2.75) is 18.9 Å². The van der Waals surface area contributed by atoms with Gasteiger partial charge in [-0.1, -0.05) is 18.2 Å². The number of nitrogens with zero attached hydrogens (tertiary/aromatic N) is 1. The van der Waals surface area contributed by atoms with E-state index in [2.05, 4.69) is 4.98 Å². The number of pyridine rings is 1. The summed E-state index contributed by atoms with van der Waals surface area (Å²) in [7, 11) is 0. The number of hydrogen-bond acceptors (Lipinski definition) is 2. The van der Waals surface area contributed by atoms with E-state index in [9.17, 15) is 9.50 Å². The quantitative estimate of drug-likeness (QED) is 0.881. The van der Waals surface area contributed by atoms with Crippen molar-refractivity contribution in [3.05, 3.63) is 65.7 Å². The van der Waals surface area contributed by atoms with E-state index in [0.717, 1.165) is 5.69 Å². The molecule has 1 aromatic carbocycles. The lowest BCUT2D eigenvalue weighted by atomic mass is 9.91. The maximum atomic E-state index is 13.1. The number of aromatic nitrogens is 1. The Hall–Kier alpha value is -1.74. The summed E-state index contributed by atoms with van der Waals surface area (Å²) in [5.74, 6) is -0.344. The van der Waals surface area contributed by atoms with Crippen LogP contribution in [0.1, 0.15) is 18.2 Å². The van der Waals surface area contributed by atoms with Crippen LogP contribution in [0, 0.1) is 5.82 Å². The van der Waals surface area contributed by atoms with Crippen molar-refractivity contribution in [2.24, 2.45) is 0 Å². The molecule has 0 fully saturated rings. The van der Waals surface area contributed by atoms with Crippen LogP contribution in [0.2, 0.25) is 0 Å². The normalized spacial score (nSPS) is 14.3. The van der Waals surface area contributed by atoms with Crippen molar-refractivity contribution in [2.75, 3.05) is 0 Å². The van der Waals surface area contributed by atoms with E-state index < -0.39 is 5.60 Å². The van der Waals surface area contributed by atoms with Crippen molar-refractivity contribution in [3.63, 3.8) is 0 Å². The van der Waals surface area contributed by atoms with Gasteiger partial charge in [0.25, 0.3) is 0 Å². The van der Waals surface area contributed by atoms with E-state index in [-0.39, 0.29) is 5.82 Å². The number of benzene rings is 1. The molecule has 1 unspecified atom stereocenters. The molecule has 17 heavy (non-hydrogen) atoms. The fourth-order valence-electron chi connectivity index (χ4n) is 1.78. The van der Waals surface area contributed by atoms with Gasteiger partial charge in [-0.25, -0.2) is 4.39 Å². The molecule has 0 radical (unpaired) electrons. The number of aliphatic hydroxyl groups is 1. The molecule has 3 heteroatoms. The molecule has 0 aliphatic carbocycles. The minimum atomic E-state index is -1.11. The summed E-state index contributed by atoms with van der Waals surface area (Å²) in [6.07, 6.45) is 2.04. The van der Waals surface area contributed by atoms with Crippen LogP contribution in [0.3, 0.4) is 0 Å². The summed E-state index contributed by atoms with van der Waals surface area (Å²) in [6.45, 7) is 1.66. The second kappa shape index (κ2) is 4.63. The van der Waals surface area contributed by atoms with E-state index in [4.69, 9.17) is 0 Å². The fraction of sp³-hybridized carbons (Fsp3) is 0.214. The summed E-state index contributed by atoms with van der Waals surface area (Å²) < 4.78 is 13.1. The monoisotopic (exact) mass is 231 g/mol. The molecule has 0 aliphatic rings. The van der Waals surface area contributed by atoms with Gasteiger partial charge in [-0.3, -0.25) is 4.98 Å². The number of halogens is 1. The Balaban J connectivity index is 2.25. The number of rotatable bonds is 3. The van der Waals surface area contributed by atoms with E-state index >= 15 is 0 Å². The summed E-state index contributed by atoms with van der Waals surface area (Å²) in [5, 5.41) is 10.4. The van der Waals surface area contributed by atoms with Crippen molar-refractivity contribution >= 4 is 0 Å². The highest BCUT2D eigenvalue weighted by Crippen LogP contribution is 2.24. The van der Waals surface area contributed by atoms with Crippen LogP contribution < -0.4 is 0 Å². The molecule has 0 amide bonds. The Morgan fingerprint density at radius 2 is 2.06 bits per heavy atom. The molecule has 0 bridgehead atoms. The van der Waals surface area contributed by atoms with Gasteiger partial charge < -0.3 is 5.11 Å². The maximum absolute atomic E-state index is 13.1. The fourth-order valence-corrected chi connectivity index (χ4v) is 1.78. The van der Waals surface area contributed by atoms with Gasteiger partial charge >= 0.3 is 0 Å². The van der Waals surface area contributed by atoms with Crippen molar-refractivity contribution in [1.29, 1.82) is 0 Å². The molecular weight excluding hydrogens is 217 g/mol. The van der Waals surface area contributed by atoms with Gasteiger partial charge in [-0.2, -0.15) is 0 Å². The average Bonchev–Trinajstić information content (AvgIpc) is 2.30. The van der Waals surface area contributed by atoms with Gasteiger partial charge in [0.1, 0.15) is 5.82 Å². The molecule has 1 N–H and O–H groups in total. The van der Waals surface area contributed by atoms with Crippen LogP contribution in [0.4, 0.5) is 4.39 Å². The molecule has 1 heterocycles. The predicted octanol–water partition coefficient (Wildman–Crippen LogP) is 2.67. The molecule has 0 saturated heterocycles. The van der Waals surface area contributed by atoms with Crippen LogP contribution >= 0.6 is 0 Å². The summed E-state index contributed by atoms with van der Waals surface area (Å²) >= 11 is 0. The Labute approximate surface area is 99.8 Å². The zero-order chi connectivity index (χ0) is 12.3. The van der Waals surface area contributed by atoms with Gasteiger partial charge in [-0.15, -0.1) is 0 Å². The molecule has 2 aromatic rings. The molecule has 0 aliphatic heterocycles. The van der Waals surface area contributed by atoms with E-state index in [1.807, 2.05) is 18.2 Å². The first-order valence-electron chi connectivity index (χ1n) is 5.46. The van der Waals surface area contributed by atoms with Crippen LogP contribution in [0.5, 0.6) is 0 Å². The molecule has 0 spiro atoms. The Morgan fingerprint density at radius 3 is 2.71 bits per heavy atom. The van der Waals surface area contributed by atoms with E-state index in [1.54, 1.807) is 25.3 Å². The Bertz CT molecular complexity index is 497. The minimum Gasteiger partial charge on any atom is -0.385 e. The second-order valence-corrected chi connectivity index (χ2v) is 4.28. The predicted molar refractivity (Wildman–Crippen MR) is 63.9 cm³/mol. The first-order chi connectivity index (χ1) is 8.08. The molecule has 2 rings (SSSR count). The van der Waals surface area contributed by atoms with Gasteiger partial charge in [-0.05, 0) is 36.8 Å². The third-order valence-corrected chi connectivity index (χ3v) is 2.70. The van der Waals surface area contributed by atoms with Crippen LogP contribution in [-0.2, 0) is 12.0 Å². The standard InChI is InChI=1S/C14H14FNO/c1-14(17,10-13-7-2-3-8-16-13)11-5-4-6-12(15)9-11/h2-9,17H,10H2,1H3. The third-order valence-electron chi connectivity index (χ3n) is 2.70. The first-order valence-corrected chi connectivity index (χ1v) is 5.46. The summed E-state index contributed by atoms with van der Waals surface area (Å²) in [6, 6.07) is 11.5. The lowest BCUT2D eigenvalue weighted by Gasteiger charge is -2.23. The zero-order valence-corrected chi connectivity index (χ0v) is 9.60. The molecule has 1 aromatic heterocycles. The SMILES string of the molecule is CC(O)(Cc1ccccn1)c1cccc(F)c1. The molecule has 0 saturated carbocycles. The van der Waals surface area contributed by atoms with Gasteiger partial charge in [0.15, 0.2) is 0 Å². The highest BCUT2D eigenvalue weighted by atomic mass is 19.1. The first kappa shape index (κ1) is 11.7. The highest BCUT2D eigenvalue weighted by Gasteiger charge is 2.24. The molecular formula is C14H14FNO. The largest absolute Gasteiger partial charge is 0.385 e. The average molecular weight is 231 g/mol. The van der Waals surface area contributed by atoms with Crippen molar-refractivity contribution < 1.29 is 9.50 Å².